The largest absolute Gasteiger partial charge is 0.325 e. The summed E-state index contributed by atoms with van der Waals surface area (Å²) in [6.07, 6.45) is 1.38. The fraction of sp³-hybridized carbons (Fsp3) is 0.500. The number of imide groups is 1. The van der Waals surface area contributed by atoms with E-state index in [0.717, 1.165) is 4.90 Å². The summed E-state index contributed by atoms with van der Waals surface area (Å²) < 4.78 is 0. The van der Waals surface area contributed by atoms with Crippen LogP contribution in [0.5, 0.6) is 0 Å². The Kier molecular flexibility index (Phi) is 3.95. The minimum atomic E-state index is -0.591. The van der Waals surface area contributed by atoms with Crippen LogP contribution in [-0.2, 0) is 14.4 Å². The SMILES string of the molecule is CC12CCC(C(=O)N(CC(=O)Nc3ccc(Cl)cc3)C1=O)C2(C)C. The number of nitrogens with one attached hydrogen (secondary N) is 1. The summed E-state index contributed by atoms with van der Waals surface area (Å²) in [5, 5.41) is 3.27. The molecule has 2 unspecified atom stereocenters. The molecule has 2 fully saturated rings. The van der Waals surface area contributed by atoms with Crippen molar-refractivity contribution in [2.45, 2.75) is 33.6 Å². The average Bonchev–Trinajstić information content (AvgIpc) is 2.71. The maximum atomic E-state index is 12.9. The smallest absolute Gasteiger partial charge is 0.244 e. The van der Waals surface area contributed by atoms with E-state index in [9.17, 15) is 14.4 Å². The van der Waals surface area contributed by atoms with Gasteiger partial charge in [-0.2, -0.15) is 0 Å². The molecule has 1 aromatic rings. The molecule has 2 aliphatic rings. The van der Waals surface area contributed by atoms with Crippen molar-refractivity contribution in [3.8, 4) is 0 Å². The number of likely N-dealkylation sites (tertiary alicyclic amines) is 1. The van der Waals surface area contributed by atoms with Crippen LogP contribution in [-0.4, -0.2) is 29.2 Å². The van der Waals surface area contributed by atoms with Crippen LogP contribution >= 0.6 is 11.6 Å². The molecule has 1 saturated heterocycles. The molecule has 1 aliphatic heterocycles. The Morgan fingerprint density at radius 3 is 2.50 bits per heavy atom. The number of carbonyl (C=O) groups is 3. The molecule has 2 bridgehead atoms. The molecular weight excluding hydrogens is 328 g/mol. The number of piperidine rings is 1. The van der Waals surface area contributed by atoms with Gasteiger partial charge in [0.2, 0.25) is 17.7 Å². The average molecular weight is 349 g/mol. The summed E-state index contributed by atoms with van der Waals surface area (Å²) in [4.78, 5) is 39.0. The molecule has 128 valence electrons. The molecule has 1 saturated carbocycles. The summed E-state index contributed by atoms with van der Waals surface area (Å²) in [5.74, 6) is -1.06. The lowest BCUT2D eigenvalue weighted by Crippen LogP contribution is -2.60. The lowest BCUT2D eigenvalue weighted by Gasteiger charge is -2.47. The van der Waals surface area contributed by atoms with E-state index in [0.29, 0.717) is 23.6 Å². The number of nitrogens with zero attached hydrogens (tertiary/aromatic N) is 1. The molecule has 3 amide bonds. The third kappa shape index (κ3) is 2.42. The van der Waals surface area contributed by atoms with E-state index in [1.165, 1.54) is 0 Å². The topological polar surface area (TPSA) is 66.5 Å². The van der Waals surface area contributed by atoms with Crippen LogP contribution in [0.2, 0.25) is 5.02 Å². The van der Waals surface area contributed by atoms with Crippen molar-refractivity contribution >= 4 is 35.0 Å². The van der Waals surface area contributed by atoms with Gasteiger partial charge in [-0.3, -0.25) is 19.3 Å². The highest BCUT2D eigenvalue weighted by Crippen LogP contribution is 2.59. The van der Waals surface area contributed by atoms with E-state index in [2.05, 4.69) is 5.32 Å². The molecule has 1 aromatic carbocycles. The molecule has 0 spiro atoms. The van der Waals surface area contributed by atoms with Crippen LogP contribution in [0.15, 0.2) is 24.3 Å². The normalized spacial score (nSPS) is 28.2. The first kappa shape index (κ1) is 17.0. The van der Waals surface area contributed by atoms with E-state index in [1.807, 2.05) is 20.8 Å². The van der Waals surface area contributed by atoms with E-state index >= 15 is 0 Å². The van der Waals surface area contributed by atoms with Gasteiger partial charge in [-0.1, -0.05) is 32.4 Å². The number of hydrogen-bond acceptors (Lipinski definition) is 3. The summed E-state index contributed by atoms with van der Waals surface area (Å²) in [6.45, 7) is 5.62. The molecule has 6 heteroatoms. The second-order valence-corrected chi connectivity index (χ2v) is 7.87. The maximum absolute atomic E-state index is 12.9. The van der Waals surface area contributed by atoms with E-state index < -0.39 is 5.41 Å². The Labute approximate surface area is 146 Å². The lowest BCUT2D eigenvalue weighted by molar-refractivity contribution is -0.168. The van der Waals surface area contributed by atoms with Gasteiger partial charge in [0, 0.05) is 16.6 Å². The first-order valence-electron chi connectivity index (χ1n) is 8.08. The van der Waals surface area contributed by atoms with Crippen LogP contribution in [0.25, 0.3) is 0 Å². The maximum Gasteiger partial charge on any atom is 0.244 e. The Hall–Kier alpha value is -1.88. The molecule has 5 nitrogen and oxygen atoms in total. The van der Waals surface area contributed by atoms with Crippen LogP contribution in [0.4, 0.5) is 5.69 Å². The zero-order valence-corrected chi connectivity index (χ0v) is 14.8. The Balaban J connectivity index is 1.76. The van der Waals surface area contributed by atoms with Crippen molar-refractivity contribution in [1.82, 2.24) is 4.90 Å². The second kappa shape index (κ2) is 5.59. The predicted octanol–water partition coefficient (Wildman–Crippen LogP) is 3.09. The summed E-state index contributed by atoms with van der Waals surface area (Å²) in [7, 11) is 0. The molecule has 1 aliphatic carbocycles. The second-order valence-electron chi connectivity index (χ2n) is 7.43. The minimum absolute atomic E-state index is 0.205. The van der Waals surface area contributed by atoms with E-state index in [1.54, 1.807) is 24.3 Å². The molecule has 24 heavy (non-hydrogen) atoms. The first-order valence-corrected chi connectivity index (χ1v) is 8.46. The number of anilines is 1. The van der Waals surface area contributed by atoms with Crippen molar-refractivity contribution in [1.29, 1.82) is 0 Å². The van der Waals surface area contributed by atoms with Crippen molar-refractivity contribution < 1.29 is 14.4 Å². The summed E-state index contributed by atoms with van der Waals surface area (Å²) in [5.41, 5.74) is -0.382. The quantitative estimate of drug-likeness (QED) is 0.853. The highest BCUT2D eigenvalue weighted by molar-refractivity contribution is 6.30. The van der Waals surface area contributed by atoms with Crippen LogP contribution < -0.4 is 5.32 Å². The number of amides is 3. The molecule has 0 radical (unpaired) electrons. The van der Waals surface area contributed by atoms with E-state index in [-0.39, 0.29) is 35.6 Å². The number of hydrogen-bond donors (Lipinski definition) is 1. The molecule has 0 aromatic heterocycles. The highest BCUT2D eigenvalue weighted by Gasteiger charge is 2.64. The Morgan fingerprint density at radius 1 is 1.25 bits per heavy atom. The third-order valence-corrected chi connectivity index (χ3v) is 6.19. The number of benzene rings is 1. The Bertz CT molecular complexity index is 713. The van der Waals surface area contributed by atoms with Gasteiger partial charge >= 0.3 is 0 Å². The summed E-state index contributed by atoms with van der Waals surface area (Å²) in [6, 6.07) is 6.68. The highest BCUT2D eigenvalue weighted by atomic mass is 35.5. The van der Waals surface area contributed by atoms with Crippen LogP contribution in [0.3, 0.4) is 0 Å². The number of fused-ring (bicyclic) bond motifs is 2. The van der Waals surface area contributed by atoms with Crippen molar-refractivity contribution in [2.24, 2.45) is 16.7 Å². The third-order valence-electron chi connectivity index (χ3n) is 5.94. The van der Waals surface area contributed by atoms with Gasteiger partial charge in [-0.15, -0.1) is 0 Å². The molecular formula is C18H21ClN2O3. The van der Waals surface area contributed by atoms with Gasteiger partial charge in [0.1, 0.15) is 6.54 Å². The van der Waals surface area contributed by atoms with Gasteiger partial charge < -0.3 is 5.32 Å². The van der Waals surface area contributed by atoms with Crippen molar-refractivity contribution in [3.05, 3.63) is 29.3 Å². The molecule has 1 N–H and O–H groups in total. The Morgan fingerprint density at radius 2 is 1.88 bits per heavy atom. The van der Waals surface area contributed by atoms with Crippen LogP contribution in [0, 0.1) is 16.7 Å². The zero-order chi connectivity index (χ0) is 17.7. The molecule has 2 atom stereocenters. The first-order chi connectivity index (χ1) is 11.2. The zero-order valence-electron chi connectivity index (χ0n) is 14.1. The van der Waals surface area contributed by atoms with Gasteiger partial charge in [0.05, 0.1) is 5.41 Å². The van der Waals surface area contributed by atoms with Gasteiger partial charge in [0.25, 0.3) is 0 Å². The minimum Gasteiger partial charge on any atom is -0.325 e. The lowest BCUT2D eigenvalue weighted by atomic mass is 9.62. The van der Waals surface area contributed by atoms with Crippen LogP contribution in [0.1, 0.15) is 33.6 Å². The summed E-state index contributed by atoms with van der Waals surface area (Å²) >= 11 is 5.81. The standard InChI is InChI=1S/C18H21ClN2O3/c1-17(2)13-8-9-18(17,3)16(24)21(15(13)23)10-14(22)20-12-6-4-11(19)5-7-12/h4-7,13H,8-10H2,1-3H3,(H,20,22). The van der Waals surface area contributed by atoms with Gasteiger partial charge in [-0.25, -0.2) is 0 Å². The molecule has 3 rings (SSSR count). The molecule has 1 heterocycles. The van der Waals surface area contributed by atoms with Crippen molar-refractivity contribution in [3.63, 3.8) is 0 Å². The van der Waals surface area contributed by atoms with Crippen molar-refractivity contribution in [2.75, 3.05) is 11.9 Å². The van der Waals surface area contributed by atoms with E-state index in [4.69, 9.17) is 11.6 Å². The number of carbonyl (C=O) groups excluding carboxylic acids is 3. The van der Waals surface area contributed by atoms with Gasteiger partial charge in [-0.05, 0) is 42.5 Å². The fourth-order valence-electron chi connectivity index (χ4n) is 3.93. The number of halogens is 1. The van der Waals surface area contributed by atoms with Gasteiger partial charge in [0.15, 0.2) is 0 Å². The fourth-order valence-corrected chi connectivity index (χ4v) is 4.05. The predicted molar refractivity (Wildman–Crippen MR) is 91.4 cm³/mol. The monoisotopic (exact) mass is 348 g/mol. The number of rotatable bonds is 3.